The average Bonchev–Trinajstić information content (AvgIpc) is 1.67. The van der Waals surface area contributed by atoms with E-state index in [0.717, 1.165) is 0 Å². The third-order valence-corrected chi connectivity index (χ3v) is 1.49. The van der Waals surface area contributed by atoms with Gasteiger partial charge in [-0.1, -0.05) is 13.8 Å². The molecule has 0 aliphatic heterocycles. The van der Waals surface area contributed by atoms with Crippen molar-refractivity contribution >= 4 is 18.7 Å². The van der Waals surface area contributed by atoms with Crippen molar-refractivity contribution in [3.63, 3.8) is 0 Å². The minimum absolute atomic E-state index is 0.188. The standard InChI is InChI=1S/C5H9NOS/c1-4(2)5(8)6-3-7/h4-5,8H,1-2H3. The van der Waals surface area contributed by atoms with E-state index in [-0.39, 0.29) is 5.37 Å². The van der Waals surface area contributed by atoms with E-state index in [0.29, 0.717) is 5.92 Å². The summed E-state index contributed by atoms with van der Waals surface area (Å²) in [5, 5.41) is -0.188. The van der Waals surface area contributed by atoms with E-state index in [1.807, 2.05) is 13.8 Å². The van der Waals surface area contributed by atoms with Crippen molar-refractivity contribution in [1.29, 1.82) is 0 Å². The highest BCUT2D eigenvalue weighted by Gasteiger charge is 2.03. The molecule has 0 N–H and O–H groups in total. The Hall–Kier alpha value is -0.270. The van der Waals surface area contributed by atoms with Crippen LogP contribution in [0, 0.1) is 5.92 Å². The van der Waals surface area contributed by atoms with Crippen molar-refractivity contribution in [2.24, 2.45) is 10.9 Å². The minimum Gasteiger partial charge on any atom is -0.211 e. The number of hydrogen-bond acceptors (Lipinski definition) is 3. The van der Waals surface area contributed by atoms with Gasteiger partial charge < -0.3 is 0 Å². The van der Waals surface area contributed by atoms with Gasteiger partial charge in [0.05, 0.1) is 0 Å². The molecule has 2 nitrogen and oxygen atoms in total. The molecule has 0 saturated heterocycles. The van der Waals surface area contributed by atoms with Gasteiger partial charge in [-0.2, -0.15) is 17.6 Å². The fraction of sp³-hybridized carbons (Fsp3) is 0.800. The summed E-state index contributed by atoms with van der Waals surface area (Å²) in [4.78, 5) is 13.0. The maximum atomic E-state index is 9.58. The molecule has 0 heterocycles. The Labute approximate surface area is 54.4 Å². The predicted octanol–water partition coefficient (Wildman–Crippen LogP) is 1.23. The van der Waals surface area contributed by atoms with Crippen molar-refractivity contribution in [1.82, 2.24) is 0 Å². The number of hydrogen-bond donors (Lipinski definition) is 1. The Bertz CT molecular complexity index is 107. The van der Waals surface area contributed by atoms with E-state index in [2.05, 4.69) is 17.6 Å². The number of isocyanates is 1. The van der Waals surface area contributed by atoms with Crippen molar-refractivity contribution in [3.05, 3.63) is 0 Å². The lowest BCUT2D eigenvalue weighted by Gasteiger charge is -2.04. The Morgan fingerprint density at radius 2 is 2.12 bits per heavy atom. The zero-order valence-corrected chi connectivity index (χ0v) is 5.85. The van der Waals surface area contributed by atoms with Crippen molar-refractivity contribution < 1.29 is 4.79 Å². The van der Waals surface area contributed by atoms with Crippen LogP contribution in [0.3, 0.4) is 0 Å². The molecule has 0 amide bonds. The molecule has 0 spiro atoms. The Balaban J connectivity index is 3.63. The molecular formula is C5H9NOS. The van der Waals surface area contributed by atoms with Gasteiger partial charge in [-0.05, 0) is 5.92 Å². The molecule has 0 aromatic carbocycles. The second-order valence-electron chi connectivity index (χ2n) is 1.88. The second kappa shape index (κ2) is 3.70. The highest BCUT2D eigenvalue weighted by atomic mass is 32.1. The van der Waals surface area contributed by atoms with Gasteiger partial charge >= 0.3 is 0 Å². The number of nitrogens with zero attached hydrogens (tertiary/aromatic N) is 1. The molecule has 0 aliphatic rings. The van der Waals surface area contributed by atoms with Crippen LogP contribution in [0.1, 0.15) is 13.8 Å². The summed E-state index contributed by atoms with van der Waals surface area (Å²) >= 11 is 3.98. The van der Waals surface area contributed by atoms with Crippen LogP contribution in [0.5, 0.6) is 0 Å². The van der Waals surface area contributed by atoms with Gasteiger partial charge in [0.2, 0.25) is 6.08 Å². The minimum atomic E-state index is -0.188. The van der Waals surface area contributed by atoms with Crippen molar-refractivity contribution in [3.8, 4) is 0 Å². The lowest BCUT2D eigenvalue weighted by Crippen LogP contribution is -2.02. The fourth-order valence-electron chi connectivity index (χ4n) is 0.203. The van der Waals surface area contributed by atoms with Gasteiger partial charge in [-0.3, -0.25) is 0 Å². The van der Waals surface area contributed by atoms with Gasteiger partial charge in [0.25, 0.3) is 0 Å². The highest BCUT2D eigenvalue weighted by Crippen LogP contribution is 2.07. The summed E-state index contributed by atoms with van der Waals surface area (Å²) < 4.78 is 0. The summed E-state index contributed by atoms with van der Waals surface area (Å²) in [6, 6.07) is 0. The predicted molar refractivity (Wildman–Crippen MR) is 35.7 cm³/mol. The van der Waals surface area contributed by atoms with Crippen LogP contribution < -0.4 is 0 Å². The van der Waals surface area contributed by atoms with Crippen LogP contribution in [-0.4, -0.2) is 11.5 Å². The summed E-state index contributed by atoms with van der Waals surface area (Å²) in [5.74, 6) is 0.305. The first-order chi connectivity index (χ1) is 3.68. The molecule has 1 atom stereocenters. The van der Waals surface area contributed by atoms with Crippen molar-refractivity contribution in [2.75, 3.05) is 0 Å². The largest absolute Gasteiger partial charge is 0.236 e. The molecule has 8 heavy (non-hydrogen) atoms. The molecule has 0 rings (SSSR count). The van der Waals surface area contributed by atoms with E-state index >= 15 is 0 Å². The maximum absolute atomic E-state index is 9.58. The molecule has 0 aromatic heterocycles. The molecule has 3 heteroatoms. The van der Waals surface area contributed by atoms with Crippen LogP contribution in [0.15, 0.2) is 4.99 Å². The number of thiol groups is 1. The van der Waals surface area contributed by atoms with Gasteiger partial charge in [-0.15, -0.1) is 0 Å². The number of aliphatic imine (C=N–C) groups is 1. The molecular weight excluding hydrogens is 122 g/mol. The third-order valence-electron chi connectivity index (χ3n) is 0.781. The normalized spacial score (nSPS) is 13.0. The molecule has 1 unspecified atom stereocenters. The Morgan fingerprint density at radius 3 is 2.25 bits per heavy atom. The zero-order chi connectivity index (χ0) is 6.57. The first kappa shape index (κ1) is 7.73. The second-order valence-corrected chi connectivity index (χ2v) is 2.41. The van der Waals surface area contributed by atoms with Gasteiger partial charge in [-0.25, -0.2) is 4.79 Å². The third kappa shape index (κ3) is 2.83. The quantitative estimate of drug-likeness (QED) is 0.341. The van der Waals surface area contributed by atoms with Gasteiger partial charge in [0.15, 0.2) is 0 Å². The lowest BCUT2D eigenvalue weighted by molar-refractivity contribution is 0.554. The molecule has 0 aromatic rings. The van der Waals surface area contributed by atoms with E-state index in [1.54, 1.807) is 0 Å². The van der Waals surface area contributed by atoms with Gasteiger partial charge in [0.1, 0.15) is 5.37 Å². The van der Waals surface area contributed by atoms with Crippen LogP contribution in [0.25, 0.3) is 0 Å². The van der Waals surface area contributed by atoms with Crippen molar-refractivity contribution in [2.45, 2.75) is 19.2 Å². The molecule has 0 radical (unpaired) electrons. The van der Waals surface area contributed by atoms with E-state index in [4.69, 9.17) is 0 Å². The topological polar surface area (TPSA) is 29.4 Å². The monoisotopic (exact) mass is 131 g/mol. The van der Waals surface area contributed by atoms with E-state index in [9.17, 15) is 4.79 Å². The van der Waals surface area contributed by atoms with E-state index < -0.39 is 0 Å². The average molecular weight is 131 g/mol. The fourth-order valence-corrected chi connectivity index (χ4v) is 0.250. The molecule has 0 aliphatic carbocycles. The summed E-state index contributed by atoms with van der Waals surface area (Å²) in [6.45, 7) is 3.89. The van der Waals surface area contributed by atoms with E-state index in [1.165, 1.54) is 6.08 Å². The SMILES string of the molecule is CC(C)C(S)N=C=O. The first-order valence-electron chi connectivity index (χ1n) is 2.43. The Morgan fingerprint density at radius 1 is 1.62 bits per heavy atom. The summed E-state index contributed by atoms with van der Waals surface area (Å²) in [6.07, 6.45) is 1.45. The maximum Gasteiger partial charge on any atom is 0.236 e. The summed E-state index contributed by atoms with van der Waals surface area (Å²) in [5.41, 5.74) is 0. The molecule has 0 saturated carbocycles. The van der Waals surface area contributed by atoms with Gasteiger partial charge in [0, 0.05) is 0 Å². The Kier molecular flexibility index (Phi) is 3.57. The van der Waals surface area contributed by atoms with Crippen LogP contribution in [-0.2, 0) is 4.79 Å². The number of carbonyl (C=O) groups excluding carboxylic acids is 1. The molecule has 0 bridgehead atoms. The molecule has 46 valence electrons. The van der Waals surface area contributed by atoms with Crippen LogP contribution in [0.4, 0.5) is 0 Å². The lowest BCUT2D eigenvalue weighted by atomic mass is 10.2. The van der Waals surface area contributed by atoms with Crippen LogP contribution in [0.2, 0.25) is 0 Å². The summed E-state index contributed by atoms with van der Waals surface area (Å²) in [7, 11) is 0. The molecule has 0 fully saturated rings. The zero-order valence-electron chi connectivity index (χ0n) is 4.96. The smallest absolute Gasteiger partial charge is 0.211 e. The van der Waals surface area contributed by atoms with Crippen LogP contribution >= 0.6 is 12.6 Å². The number of rotatable bonds is 2. The first-order valence-corrected chi connectivity index (χ1v) is 2.95. The highest BCUT2D eigenvalue weighted by molar-refractivity contribution is 7.80.